The van der Waals surface area contributed by atoms with E-state index in [1.165, 1.54) is 17.7 Å². The molecule has 2 N–H and O–H groups in total. The Morgan fingerprint density at radius 1 is 1.00 bits per heavy atom. The maximum absolute atomic E-state index is 11.4. The summed E-state index contributed by atoms with van der Waals surface area (Å²) in [4.78, 5) is 11.4. The quantitative estimate of drug-likeness (QED) is 0.875. The van der Waals surface area contributed by atoms with Crippen molar-refractivity contribution in [2.75, 3.05) is 0 Å². The van der Waals surface area contributed by atoms with Gasteiger partial charge in [-0.05, 0) is 41.7 Å². The maximum atomic E-state index is 11.4. The van der Waals surface area contributed by atoms with Gasteiger partial charge in [0.1, 0.15) is 5.75 Å². The Morgan fingerprint density at radius 3 is 2.05 bits per heavy atom. The van der Waals surface area contributed by atoms with Crippen LogP contribution in [0.2, 0.25) is 0 Å². The number of hydrogen-bond donors (Lipinski definition) is 2. The van der Waals surface area contributed by atoms with E-state index in [2.05, 4.69) is 6.92 Å². The van der Waals surface area contributed by atoms with Crippen LogP contribution in [-0.4, -0.2) is 16.2 Å². The molecule has 3 heteroatoms. The van der Waals surface area contributed by atoms with Crippen LogP contribution in [0.5, 0.6) is 5.75 Å². The van der Waals surface area contributed by atoms with Crippen LogP contribution in [0, 0.1) is 0 Å². The molecule has 0 fully saturated rings. The molecule has 0 amide bonds. The summed E-state index contributed by atoms with van der Waals surface area (Å²) in [5.41, 5.74) is 2.95. The third kappa shape index (κ3) is 3.38. The van der Waals surface area contributed by atoms with E-state index in [0.717, 1.165) is 12.0 Å². The standard InChI is InChI=1S/C17H18O3/c1-2-12-3-5-13(6-4-12)11-16(17(19)20)14-7-9-15(18)10-8-14/h3-10,16,18H,2,11H2,1H3,(H,19,20). The van der Waals surface area contributed by atoms with E-state index in [9.17, 15) is 15.0 Å². The molecule has 0 aliphatic heterocycles. The van der Waals surface area contributed by atoms with E-state index in [4.69, 9.17) is 0 Å². The molecule has 0 heterocycles. The SMILES string of the molecule is CCc1ccc(CC(C(=O)O)c2ccc(O)cc2)cc1. The average molecular weight is 270 g/mol. The highest BCUT2D eigenvalue weighted by Gasteiger charge is 2.20. The number of hydrogen-bond acceptors (Lipinski definition) is 2. The molecule has 20 heavy (non-hydrogen) atoms. The molecule has 0 spiro atoms. The van der Waals surface area contributed by atoms with E-state index >= 15 is 0 Å². The molecule has 0 radical (unpaired) electrons. The van der Waals surface area contributed by atoms with Crippen LogP contribution in [0.3, 0.4) is 0 Å². The van der Waals surface area contributed by atoms with Gasteiger partial charge in [-0.3, -0.25) is 4.79 Å². The van der Waals surface area contributed by atoms with Crippen molar-refractivity contribution in [1.82, 2.24) is 0 Å². The number of aromatic hydroxyl groups is 1. The summed E-state index contributed by atoms with van der Waals surface area (Å²) in [5.74, 6) is -1.30. The van der Waals surface area contributed by atoms with Crippen molar-refractivity contribution in [2.45, 2.75) is 25.7 Å². The summed E-state index contributed by atoms with van der Waals surface area (Å²) in [5, 5.41) is 18.7. The van der Waals surface area contributed by atoms with Crippen molar-refractivity contribution >= 4 is 5.97 Å². The van der Waals surface area contributed by atoms with E-state index < -0.39 is 11.9 Å². The van der Waals surface area contributed by atoms with E-state index in [0.29, 0.717) is 12.0 Å². The summed E-state index contributed by atoms with van der Waals surface area (Å²) in [6.07, 6.45) is 1.42. The van der Waals surface area contributed by atoms with Crippen molar-refractivity contribution in [3.63, 3.8) is 0 Å². The van der Waals surface area contributed by atoms with Crippen molar-refractivity contribution in [3.8, 4) is 5.75 Å². The van der Waals surface area contributed by atoms with E-state index in [1.54, 1.807) is 12.1 Å². The second kappa shape index (κ2) is 6.24. The summed E-state index contributed by atoms with van der Waals surface area (Å²) in [6.45, 7) is 2.09. The number of phenols is 1. The van der Waals surface area contributed by atoms with Gasteiger partial charge in [0.05, 0.1) is 5.92 Å². The highest BCUT2D eigenvalue weighted by Crippen LogP contribution is 2.23. The molecule has 1 unspecified atom stereocenters. The van der Waals surface area contributed by atoms with E-state index in [-0.39, 0.29) is 5.75 Å². The third-order valence-electron chi connectivity index (χ3n) is 3.46. The molecule has 0 saturated heterocycles. The largest absolute Gasteiger partial charge is 0.508 e. The average Bonchev–Trinajstić information content (AvgIpc) is 2.46. The number of carbonyl (C=O) groups is 1. The van der Waals surface area contributed by atoms with Gasteiger partial charge in [-0.1, -0.05) is 43.3 Å². The van der Waals surface area contributed by atoms with Crippen LogP contribution in [0.1, 0.15) is 29.5 Å². The summed E-state index contributed by atoms with van der Waals surface area (Å²) >= 11 is 0. The molecule has 2 aromatic rings. The first kappa shape index (κ1) is 14.1. The smallest absolute Gasteiger partial charge is 0.311 e. The van der Waals surface area contributed by atoms with Gasteiger partial charge in [-0.2, -0.15) is 0 Å². The fraction of sp³-hybridized carbons (Fsp3) is 0.235. The van der Waals surface area contributed by atoms with Crippen LogP contribution in [0.25, 0.3) is 0 Å². The van der Waals surface area contributed by atoms with Gasteiger partial charge < -0.3 is 10.2 Å². The van der Waals surface area contributed by atoms with Gasteiger partial charge >= 0.3 is 5.97 Å². The molecule has 0 aliphatic carbocycles. The Kier molecular flexibility index (Phi) is 4.41. The molecule has 104 valence electrons. The number of phenolic OH excluding ortho intramolecular Hbond substituents is 1. The number of carboxylic acids is 1. The molecule has 0 saturated carbocycles. The Bertz CT molecular complexity index is 570. The van der Waals surface area contributed by atoms with Gasteiger partial charge in [0.15, 0.2) is 0 Å². The van der Waals surface area contributed by atoms with Gasteiger partial charge in [0.2, 0.25) is 0 Å². The van der Waals surface area contributed by atoms with Crippen molar-refractivity contribution in [2.24, 2.45) is 0 Å². The zero-order valence-electron chi connectivity index (χ0n) is 11.4. The minimum Gasteiger partial charge on any atom is -0.508 e. The van der Waals surface area contributed by atoms with Gasteiger partial charge in [0.25, 0.3) is 0 Å². The molecule has 3 nitrogen and oxygen atoms in total. The Labute approximate surface area is 118 Å². The number of benzene rings is 2. The lowest BCUT2D eigenvalue weighted by molar-refractivity contribution is -0.138. The van der Waals surface area contributed by atoms with Crippen LogP contribution in [0.4, 0.5) is 0 Å². The second-order valence-electron chi connectivity index (χ2n) is 4.86. The number of carboxylic acid groups (broad SMARTS) is 1. The predicted octanol–water partition coefficient (Wildman–Crippen LogP) is 3.37. The molecule has 0 aromatic heterocycles. The van der Waals surface area contributed by atoms with Crippen molar-refractivity contribution < 1.29 is 15.0 Å². The number of aliphatic carboxylic acids is 1. The lowest BCUT2D eigenvalue weighted by atomic mass is 9.91. The first-order valence-corrected chi connectivity index (χ1v) is 6.69. The number of aryl methyl sites for hydroxylation is 1. The third-order valence-corrected chi connectivity index (χ3v) is 3.46. The fourth-order valence-electron chi connectivity index (χ4n) is 2.20. The highest BCUT2D eigenvalue weighted by molar-refractivity contribution is 5.76. The monoisotopic (exact) mass is 270 g/mol. The molecule has 2 rings (SSSR count). The van der Waals surface area contributed by atoms with Crippen LogP contribution >= 0.6 is 0 Å². The minimum atomic E-state index is -0.852. The molecule has 0 bridgehead atoms. The minimum absolute atomic E-state index is 0.144. The molecule has 2 aromatic carbocycles. The van der Waals surface area contributed by atoms with Crippen molar-refractivity contribution in [1.29, 1.82) is 0 Å². The van der Waals surface area contributed by atoms with Crippen LogP contribution in [0.15, 0.2) is 48.5 Å². The predicted molar refractivity (Wildman–Crippen MR) is 78.0 cm³/mol. The zero-order chi connectivity index (χ0) is 14.5. The highest BCUT2D eigenvalue weighted by atomic mass is 16.4. The topological polar surface area (TPSA) is 57.5 Å². The normalized spacial score (nSPS) is 12.1. The first-order valence-electron chi connectivity index (χ1n) is 6.69. The summed E-state index contributed by atoms with van der Waals surface area (Å²) in [7, 11) is 0. The van der Waals surface area contributed by atoms with E-state index in [1.807, 2.05) is 24.3 Å². The second-order valence-corrected chi connectivity index (χ2v) is 4.86. The van der Waals surface area contributed by atoms with Gasteiger partial charge in [-0.15, -0.1) is 0 Å². The Morgan fingerprint density at radius 2 is 1.55 bits per heavy atom. The summed E-state index contributed by atoms with van der Waals surface area (Å²) in [6, 6.07) is 14.4. The van der Waals surface area contributed by atoms with Crippen LogP contribution < -0.4 is 0 Å². The molecule has 1 atom stereocenters. The summed E-state index contributed by atoms with van der Waals surface area (Å²) < 4.78 is 0. The molecule has 0 aliphatic rings. The lowest BCUT2D eigenvalue weighted by Gasteiger charge is -2.13. The van der Waals surface area contributed by atoms with Gasteiger partial charge in [0, 0.05) is 0 Å². The van der Waals surface area contributed by atoms with Gasteiger partial charge in [-0.25, -0.2) is 0 Å². The maximum Gasteiger partial charge on any atom is 0.311 e. The lowest BCUT2D eigenvalue weighted by Crippen LogP contribution is -2.14. The molecular formula is C17H18O3. The Balaban J connectivity index is 2.20. The van der Waals surface area contributed by atoms with Crippen LogP contribution in [-0.2, 0) is 17.6 Å². The Hall–Kier alpha value is -2.29. The first-order chi connectivity index (χ1) is 9.60. The number of rotatable bonds is 5. The zero-order valence-corrected chi connectivity index (χ0v) is 11.4. The van der Waals surface area contributed by atoms with Crippen molar-refractivity contribution in [3.05, 3.63) is 65.2 Å². The fourth-order valence-corrected chi connectivity index (χ4v) is 2.20. The molecular weight excluding hydrogens is 252 g/mol.